The predicted molar refractivity (Wildman–Crippen MR) is 101 cm³/mol. The lowest BCUT2D eigenvalue weighted by Crippen LogP contribution is -2.27. The van der Waals surface area contributed by atoms with Crippen LogP contribution < -0.4 is 10.5 Å². The first-order valence-corrected chi connectivity index (χ1v) is 9.59. The predicted octanol–water partition coefficient (Wildman–Crippen LogP) is 1.70. The van der Waals surface area contributed by atoms with Gasteiger partial charge in [0.2, 0.25) is 0 Å². The lowest BCUT2D eigenvalue weighted by molar-refractivity contribution is 0.0584. The molecule has 0 fully saturated rings. The number of aryl methyl sites for hydroxylation is 1. The lowest BCUT2D eigenvalue weighted by Gasteiger charge is -2.17. The molecule has 0 aliphatic carbocycles. The number of aliphatic hydroxyl groups is 1. The summed E-state index contributed by atoms with van der Waals surface area (Å²) >= 11 is 0. The first-order valence-electron chi connectivity index (χ1n) is 8.11. The van der Waals surface area contributed by atoms with E-state index in [1.165, 1.54) is 10.9 Å². The van der Waals surface area contributed by atoms with E-state index < -0.39 is 15.6 Å². The van der Waals surface area contributed by atoms with Crippen LogP contribution in [0.25, 0.3) is 10.9 Å². The zero-order valence-electron chi connectivity index (χ0n) is 15.1. The van der Waals surface area contributed by atoms with Crippen molar-refractivity contribution in [3.8, 4) is 6.07 Å². The number of benzene rings is 1. The van der Waals surface area contributed by atoms with E-state index in [0.717, 1.165) is 11.8 Å². The highest BCUT2D eigenvalue weighted by Gasteiger charge is 2.25. The lowest BCUT2D eigenvalue weighted by atomic mass is 10.1. The molecule has 0 saturated carbocycles. The maximum Gasteiger partial charge on any atom is 0.267 e. The molecule has 27 heavy (non-hydrogen) atoms. The maximum atomic E-state index is 12.8. The Morgan fingerprint density at radius 2 is 2.15 bits per heavy atom. The topological polar surface area (TPSA) is 150 Å². The number of aromatic nitrogens is 3. The Morgan fingerprint density at radius 3 is 2.78 bits per heavy atom. The Labute approximate surface area is 156 Å². The molecule has 0 saturated heterocycles. The Hall–Kier alpha value is -3.03. The van der Waals surface area contributed by atoms with Gasteiger partial charge in [-0.05, 0) is 32.4 Å². The summed E-state index contributed by atoms with van der Waals surface area (Å²) in [5.41, 5.74) is 6.92. The van der Waals surface area contributed by atoms with Gasteiger partial charge >= 0.3 is 0 Å². The molecule has 0 amide bonds. The first-order chi connectivity index (χ1) is 12.5. The van der Waals surface area contributed by atoms with E-state index in [2.05, 4.69) is 20.9 Å². The molecule has 0 aliphatic rings. The van der Waals surface area contributed by atoms with E-state index in [1.807, 2.05) is 6.92 Å². The van der Waals surface area contributed by atoms with E-state index in [1.54, 1.807) is 26.0 Å². The Balaban J connectivity index is 2.02. The van der Waals surface area contributed by atoms with Crippen LogP contribution in [0.15, 0.2) is 29.4 Å². The third kappa shape index (κ3) is 3.47. The monoisotopic (exact) mass is 388 g/mol. The molecule has 0 spiro atoms. The number of anilines is 2. The summed E-state index contributed by atoms with van der Waals surface area (Å²) in [4.78, 5) is 2.75. The highest BCUT2D eigenvalue weighted by atomic mass is 32.2. The Morgan fingerprint density at radius 1 is 1.44 bits per heavy atom. The number of nitriles is 1. The summed E-state index contributed by atoms with van der Waals surface area (Å²) in [5.74, 6) is -0.0721. The van der Waals surface area contributed by atoms with Crippen molar-refractivity contribution in [2.45, 2.75) is 37.8 Å². The minimum atomic E-state index is -4.02. The van der Waals surface area contributed by atoms with E-state index in [4.69, 9.17) is 5.73 Å². The van der Waals surface area contributed by atoms with E-state index >= 15 is 0 Å². The first kappa shape index (κ1) is 18.8. The zero-order valence-corrected chi connectivity index (χ0v) is 15.9. The summed E-state index contributed by atoms with van der Waals surface area (Å²) in [6.07, 6.45) is 2.68. The number of fused-ring (bicyclic) bond motifs is 1. The van der Waals surface area contributed by atoms with Crippen molar-refractivity contribution in [3.63, 3.8) is 0 Å². The van der Waals surface area contributed by atoms with Gasteiger partial charge in [-0.2, -0.15) is 10.4 Å². The second kappa shape index (κ2) is 6.29. The minimum Gasteiger partial charge on any atom is -0.389 e. The van der Waals surface area contributed by atoms with Gasteiger partial charge in [0.1, 0.15) is 16.8 Å². The molecule has 142 valence electrons. The Kier molecular flexibility index (Phi) is 4.37. The van der Waals surface area contributed by atoms with Crippen LogP contribution in [0.2, 0.25) is 0 Å². The number of H-pyrrole nitrogens is 1. The fraction of sp³-hybridized carbons (Fsp3) is 0.294. The maximum absolute atomic E-state index is 12.8. The fourth-order valence-electron chi connectivity index (χ4n) is 2.87. The number of sulfonamides is 1. The van der Waals surface area contributed by atoms with Crippen molar-refractivity contribution in [2.75, 3.05) is 10.5 Å². The van der Waals surface area contributed by atoms with Gasteiger partial charge in [0.05, 0.1) is 35.1 Å². The molecule has 9 nitrogen and oxygen atoms in total. The van der Waals surface area contributed by atoms with Crippen molar-refractivity contribution >= 4 is 32.4 Å². The van der Waals surface area contributed by atoms with Crippen LogP contribution in [0.4, 0.5) is 11.5 Å². The van der Waals surface area contributed by atoms with Gasteiger partial charge in [-0.1, -0.05) is 6.07 Å². The minimum absolute atomic E-state index is 0.0469. The molecule has 3 rings (SSSR count). The van der Waals surface area contributed by atoms with Crippen LogP contribution in [0, 0.1) is 18.3 Å². The normalized spacial score (nSPS) is 12.3. The van der Waals surface area contributed by atoms with E-state index in [-0.39, 0.29) is 17.3 Å². The summed E-state index contributed by atoms with van der Waals surface area (Å²) in [6, 6.07) is 5.43. The molecule has 2 heterocycles. The van der Waals surface area contributed by atoms with Crippen LogP contribution >= 0.6 is 0 Å². The molecule has 2 aromatic heterocycles. The van der Waals surface area contributed by atoms with Crippen molar-refractivity contribution < 1.29 is 13.5 Å². The average molecular weight is 388 g/mol. The van der Waals surface area contributed by atoms with Gasteiger partial charge in [-0.15, -0.1) is 0 Å². The van der Waals surface area contributed by atoms with Gasteiger partial charge < -0.3 is 15.8 Å². The standard InChI is InChI=1S/C17H20N6O3S/c1-10-4-5-12(15-14(10)11(6-18)7-20-15)22-27(25,26)13-8-21-23(16(13)19)9-17(2,3)24/h4-5,7-8,20,22,24H,9,19H2,1-3H3. The third-order valence-corrected chi connectivity index (χ3v) is 5.46. The molecule has 0 unspecified atom stereocenters. The van der Waals surface area contributed by atoms with Crippen LogP contribution in [-0.4, -0.2) is 33.9 Å². The number of hydrogen-bond acceptors (Lipinski definition) is 6. The van der Waals surface area contributed by atoms with Crippen molar-refractivity contribution in [3.05, 3.63) is 35.7 Å². The second-order valence-electron chi connectivity index (χ2n) is 6.96. The van der Waals surface area contributed by atoms with Crippen LogP contribution in [0.1, 0.15) is 25.0 Å². The summed E-state index contributed by atoms with van der Waals surface area (Å²) in [5, 5.41) is 23.7. The van der Waals surface area contributed by atoms with Crippen molar-refractivity contribution in [1.82, 2.24) is 14.8 Å². The van der Waals surface area contributed by atoms with Gasteiger partial charge in [0, 0.05) is 11.6 Å². The highest BCUT2D eigenvalue weighted by Crippen LogP contribution is 2.30. The van der Waals surface area contributed by atoms with Crippen molar-refractivity contribution in [2.24, 2.45) is 0 Å². The molecule has 0 radical (unpaired) electrons. The SMILES string of the molecule is Cc1ccc(NS(=O)(=O)c2cnn(CC(C)(C)O)c2N)c2[nH]cc(C#N)c12. The summed E-state index contributed by atoms with van der Waals surface area (Å²) in [6.45, 7) is 5.03. The van der Waals surface area contributed by atoms with Gasteiger partial charge in [0.15, 0.2) is 0 Å². The largest absolute Gasteiger partial charge is 0.389 e. The number of nitrogens with zero attached hydrogens (tertiary/aromatic N) is 3. The molecule has 0 aliphatic heterocycles. The quantitative estimate of drug-likeness (QED) is 0.522. The molecule has 0 bridgehead atoms. The van der Waals surface area contributed by atoms with Crippen molar-refractivity contribution in [1.29, 1.82) is 5.26 Å². The molecule has 3 aromatic rings. The summed E-state index contributed by atoms with van der Waals surface area (Å²) in [7, 11) is -4.02. The fourth-order valence-corrected chi connectivity index (χ4v) is 4.01. The molecule has 0 atom stereocenters. The average Bonchev–Trinajstić information content (AvgIpc) is 3.14. The van der Waals surface area contributed by atoms with E-state index in [9.17, 15) is 18.8 Å². The molecule has 10 heteroatoms. The van der Waals surface area contributed by atoms with Crippen LogP contribution in [0.5, 0.6) is 0 Å². The number of hydrogen-bond donors (Lipinski definition) is 4. The molecule has 1 aromatic carbocycles. The van der Waals surface area contributed by atoms with Crippen LogP contribution in [-0.2, 0) is 16.6 Å². The van der Waals surface area contributed by atoms with E-state index in [0.29, 0.717) is 22.2 Å². The highest BCUT2D eigenvalue weighted by molar-refractivity contribution is 7.92. The van der Waals surface area contributed by atoms with Crippen LogP contribution in [0.3, 0.4) is 0 Å². The number of nitrogens with one attached hydrogen (secondary N) is 2. The molecular weight excluding hydrogens is 368 g/mol. The molecular formula is C17H20N6O3S. The smallest absolute Gasteiger partial charge is 0.267 e. The van der Waals surface area contributed by atoms with Gasteiger partial charge in [0.25, 0.3) is 10.0 Å². The second-order valence-corrected chi connectivity index (χ2v) is 8.61. The number of nitrogen functional groups attached to an aromatic ring is 1. The number of aromatic amines is 1. The van der Waals surface area contributed by atoms with Gasteiger partial charge in [-0.25, -0.2) is 13.1 Å². The third-order valence-electron chi connectivity index (χ3n) is 4.08. The summed E-state index contributed by atoms with van der Waals surface area (Å²) < 4.78 is 29.4. The molecule has 5 N–H and O–H groups in total. The zero-order chi connectivity index (χ0) is 20.0. The number of rotatable bonds is 5. The number of nitrogens with two attached hydrogens (primary N) is 1. The Bertz CT molecular complexity index is 1160. The van der Waals surface area contributed by atoms with Gasteiger partial charge in [-0.3, -0.25) is 4.72 Å².